The Balaban J connectivity index is 1.40. The standard InChI is InChI=1S/C16H32B2N2/c1-5-13(6-1)19(14-7-2-8-14)17-20(18-19,15-9-3-10-15)16-11-4-12-16/h13-16H,1-12,17-18H2. The van der Waals surface area contributed by atoms with Crippen molar-refractivity contribution in [3.63, 3.8) is 0 Å². The van der Waals surface area contributed by atoms with Gasteiger partial charge in [0.05, 0.1) is 0 Å². The lowest BCUT2D eigenvalue weighted by molar-refractivity contribution is -0.990. The first kappa shape index (κ1) is 12.6. The summed E-state index contributed by atoms with van der Waals surface area (Å²) in [5.41, 5.74) is 0. The Kier molecular flexibility index (Phi) is 2.70. The average Bonchev–Trinajstić information content (AvgIpc) is 2.01. The molecule has 2 nitrogen and oxygen atoms in total. The first-order valence-corrected chi connectivity index (χ1v) is 10.1. The molecule has 5 rings (SSSR count). The molecule has 0 unspecified atom stereocenters. The summed E-state index contributed by atoms with van der Waals surface area (Å²) in [6, 6.07) is 4.80. The van der Waals surface area contributed by atoms with E-state index >= 15 is 0 Å². The van der Waals surface area contributed by atoms with Crippen molar-refractivity contribution in [1.29, 1.82) is 0 Å². The largest absolute Gasteiger partial charge is 0.621 e. The van der Waals surface area contributed by atoms with E-state index in [9.17, 15) is 0 Å². The molecule has 112 valence electrons. The van der Waals surface area contributed by atoms with Gasteiger partial charge in [0, 0.05) is 24.2 Å². The van der Waals surface area contributed by atoms with Crippen LogP contribution in [0.15, 0.2) is 0 Å². The average molecular weight is 274 g/mol. The molecule has 4 aliphatic carbocycles. The maximum Gasteiger partial charge on any atom is 0.313 e. The van der Waals surface area contributed by atoms with Crippen molar-refractivity contribution >= 4 is 15.1 Å². The predicted octanol–water partition coefficient (Wildman–Crippen LogP) is 1.84. The molecule has 0 amide bonds. The van der Waals surface area contributed by atoms with Crippen LogP contribution in [-0.2, 0) is 0 Å². The molecular weight excluding hydrogens is 242 g/mol. The molecule has 1 aliphatic heterocycles. The molecule has 20 heavy (non-hydrogen) atoms. The van der Waals surface area contributed by atoms with Gasteiger partial charge in [-0.3, -0.25) is 0 Å². The van der Waals surface area contributed by atoms with Gasteiger partial charge in [0.2, 0.25) is 0 Å². The van der Waals surface area contributed by atoms with E-state index in [1.165, 1.54) is 24.2 Å². The fraction of sp³-hybridized carbons (Fsp3) is 1.00. The smallest absolute Gasteiger partial charge is 0.313 e. The highest BCUT2D eigenvalue weighted by atomic mass is 15.6. The zero-order valence-corrected chi connectivity index (χ0v) is 13.7. The van der Waals surface area contributed by atoms with Gasteiger partial charge in [-0.25, -0.2) is 0 Å². The van der Waals surface area contributed by atoms with E-state index in [1.54, 1.807) is 77.0 Å². The summed E-state index contributed by atoms with van der Waals surface area (Å²) in [5, 5.41) is 0. The normalized spacial score (nSPS) is 37.2. The van der Waals surface area contributed by atoms with Crippen LogP contribution in [0.5, 0.6) is 0 Å². The molecule has 0 atom stereocenters. The number of hydrogen-bond acceptors (Lipinski definition) is 0. The maximum absolute atomic E-state index is 1.85. The topological polar surface area (TPSA) is 0 Å². The Morgan fingerprint density at radius 3 is 0.850 bits per heavy atom. The van der Waals surface area contributed by atoms with Crippen molar-refractivity contribution in [3.05, 3.63) is 0 Å². The molecule has 0 bridgehead atoms. The van der Waals surface area contributed by atoms with Crippen LogP contribution >= 0.6 is 0 Å². The Morgan fingerprint density at radius 1 is 0.450 bits per heavy atom. The van der Waals surface area contributed by atoms with Gasteiger partial charge in [-0.15, -0.1) is 0 Å². The monoisotopic (exact) mass is 274 g/mol. The van der Waals surface area contributed by atoms with Crippen molar-refractivity contribution in [2.24, 2.45) is 0 Å². The quantitative estimate of drug-likeness (QED) is 0.686. The van der Waals surface area contributed by atoms with Gasteiger partial charge in [-0.2, -0.15) is 0 Å². The molecule has 4 heteroatoms. The molecule has 5 aliphatic rings. The number of rotatable bonds is 4. The molecule has 5 fully saturated rings. The Labute approximate surface area is 125 Å². The van der Waals surface area contributed by atoms with Crippen LogP contribution in [0.3, 0.4) is 0 Å². The van der Waals surface area contributed by atoms with Crippen molar-refractivity contribution in [3.8, 4) is 0 Å². The lowest BCUT2D eigenvalue weighted by atomic mass is 9.50. The van der Waals surface area contributed by atoms with Crippen molar-refractivity contribution in [2.45, 2.75) is 101 Å². The zero-order chi connectivity index (χ0) is 13.2. The number of quaternary nitrogens is 2. The molecule has 1 heterocycles. The van der Waals surface area contributed by atoms with E-state index in [-0.39, 0.29) is 15.1 Å². The van der Waals surface area contributed by atoms with Crippen LogP contribution in [0.1, 0.15) is 77.0 Å². The zero-order valence-electron chi connectivity index (χ0n) is 13.7. The second-order valence-corrected chi connectivity index (χ2v) is 10.00. The summed E-state index contributed by atoms with van der Waals surface area (Å²) in [5.74, 6) is 0. The summed E-state index contributed by atoms with van der Waals surface area (Å²) in [6.07, 6.45) is 19.3. The van der Waals surface area contributed by atoms with Crippen LogP contribution in [0.4, 0.5) is 0 Å². The van der Waals surface area contributed by atoms with Gasteiger partial charge in [0.1, 0.15) is 0 Å². The highest BCUT2D eigenvalue weighted by molar-refractivity contribution is 6.47. The first-order chi connectivity index (χ1) is 9.83. The van der Waals surface area contributed by atoms with Crippen LogP contribution in [-0.4, -0.2) is 47.9 Å². The molecule has 0 radical (unpaired) electrons. The van der Waals surface area contributed by atoms with E-state index in [4.69, 9.17) is 0 Å². The van der Waals surface area contributed by atoms with E-state index in [2.05, 4.69) is 0 Å². The molecule has 0 aromatic rings. The lowest BCUT2D eigenvalue weighted by Crippen LogP contribution is -2.94. The second kappa shape index (κ2) is 4.29. The SMILES string of the molecule is [BH2-]1[N+](C2CCC2)(C2CCC2)[BH2-][N+]1(C1CCC1)C1CCC1. The minimum absolute atomic E-state index is 0.272. The molecule has 0 N–H and O–H groups in total. The van der Waals surface area contributed by atoms with Crippen LogP contribution in [0.2, 0.25) is 0 Å². The van der Waals surface area contributed by atoms with Gasteiger partial charge in [0.15, 0.2) is 0 Å². The van der Waals surface area contributed by atoms with Crippen molar-refractivity contribution in [2.75, 3.05) is 0 Å². The fourth-order valence-electron chi connectivity index (χ4n) is 7.77. The highest BCUT2D eigenvalue weighted by Crippen LogP contribution is 2.51. The van der Waals surface area contributed by atoms with E-state index in [0.29, 0.717) is 0 Å². The van der Waals surface area contributed by atoms with Crippen molar-refractivity contribution in [1.82, 2.24) is 0 Å². The molecule has 1 saturated heterocycles. The summed E-state index contributed by atoms with van der Waals surface area (Å²) in [6.45, 7) is 0. The third kappa shape index (κ3) is 1.46. The molecular formula is C16H32B2N2. The summed E-state index contributed by atoms with van der Waals surface area (Å²) in [7, 11) is 0.544. The lowest BCUT2D eigenvalue weighted by Gasteiger charge is -2.88. The van der Waals surface area contributed by atoms with E-state index in [1.807, 2.05) is 8.61 Å². The van der Waals surface area contributed by atoms with Gasteiger partial charge in [-0.1, -0.05) is 0 Å². The van der Waals surface area contributed by atoms with Gasteiger partial charge < -0.3 is 8.61 Å². The molecule has 0 aromatic heterocycles. The van der Waals surface area contributed by atoms with E-state index < -0.39 is 0 Å². The van der Waals surface area contributed by atoms with Crippen LogP contribution in [0.25, 0.3) is 0 Å². The minimum atomic E-state index is 0.272. The highest BCUT2D eigenvalue weighted by Gasteiger charge is 2.57. The summed E-state index contributed by atoms with van der Waals surface area (Å²) >= 11 is 0. The summed E-state index contributed by atoms with van der Waals surface area (Å²) < 4.78 is 3.71. The van der Waals surface area contributed by atoms with Gasteiger partial charge >= 0.3 is 15.1 Å². The first-order valence-electron chi connectivity index (χ1n) is 10.1. The minimum Gasteiger partial charge on any atom is -0.621 e. The maximum atomic E-state index is 1.85. The second-order valence-electron chi connectivity index (χ2n) is 10.00. The number of hydrogen-bond donors (Lipinski definition) is 0. The Bertz CT molecular complexity index is 323. The third-order valence-corrected chi connectivity index (χ3v) is 9.79. The molecule has 0 aromatic carbocycles. The van der Waals surface area contributed by atoms with Crippen molar-refractivity contribution < 1.29 is 8.61 Å². The van der Waals surface area contributed by atoms with Crippen LogP contribution < -0.4 is 0 Å². The summed E-state index contributed by atoms with van der Waals surface area (Å²) in [4.78, 5) is 0. The van der Waals surface area contributed by atoms with Crippen LogP contribution in [0, 0.1) is 0 Å². The Hall–Kier alpha value is 0.0499. The molecule has 0 spiro atoms. The van der Waals surface area contributed by atoms with Gasteiger partial charge in [-0.05, 0) is 77.0 Å². The fourth-order valence-corrected chi connectivity index (χ4v) is 7.77. The van der Waals surface area contributed by atoms with Gasteiger partial charge in [0.25, 0.3) is 0 Å². The third-order valence-electron chi connectivity index (χ3n) is 9.79. The number of nitrogens with zero attached hydrogens (tertiary/aromatic N) is 2. The van der Waals surface area contributed by atoms with E-state index in [0.717, 1.165) is 0 Å². The Morgan fingerprint density at radius 2 is 0.700 bits per heavy atom. The molecule has 4 saturated carbocycles. The predicted molar refractivity (Wildman–Crippen MR) is 88.2 cm³/mol.